The van der Waals surface area contributed by atoms with Gasteiger partial charge in [-0.3, -0.25) is 18.8 Å². The molecule has 7 rings (SSSR count). The number of nitrogens with one attached hydrogen (secondary N) is 1. The normalized spacial score (nSPS) is 14.9. The molecule has 6 aromatic rings. The number of pyridine rings is 2. The summed E-state index contributed by atoms with van der Waals surface area (Å²) in [5.41, 5.74) is 4.05. The van der Waals surface area contributed by atoms with E-state index in [1.807, 2.05) is 28.8 Å². The van der Waals surface area contributed by atoms with E-state index < -0.39 is 12.0 Å². The molecule has 16 nitrogen and oxygen atoms in total. The third-order valence-electron chi connectivity index (χ3n) is 10.0. The third kappa shape index (κ3) is 7.18. The van der Waals surface area contributed by atoms with Gasteiger partial charge in [-0.1, -0.05) is 0 Å². The zero-order chi connectivity index (χ0) is 38.6. The van der Waals surface area contributed by atoms with E-state index >= 15 is 0 Å². The van der Waals surface area contributed by atoms with Gasteiger partial charge in [0.2, 0.25) is 5.91 Å². The quantitative estimate of drug-likeness (QED) is 0.103. The Morgan fingerprint density at radius 1 is 0.764 bits per heavy atom. The molecule has 55 heavy (non-hydrogen) atoms. The lowest BCUT2D eigenvalue weighted by Crippen LogP contribution is -2.33. The first kappa shape index (κ1) is 37.3. The summed E-state index contributed by atoms with van der Waals surface area (Å²) in [6.45, 7) is 0.401. The lowest BCUT2D eigenvalue weighted by atomic mass is 9.96. The fourth-order valence-corrected chi connectivity index (χ4v) is 7.04. The molecule has 0 saturated carbocycles. The molecule has 2 atom stereocenters. The number of hydrogen-bond donors (Lipinski definition) is 4. The minimum atomic E-state index is -0.849. The van der Waals surface area contributed by atoms with Gasteiger partial charge in [0.15, 0.2) is 23.0 Å². The van der Waals surface area contributed by atoms with Gasteiger partial charge >= 0.3 is 0 Å². The number of methoxy groups -OCH3 is 4. The molecule has 288 valence electrons. The maximum Gasteiger partial charge on any atom is 0.233 e. The van der Waals surface area contributed by atoms with Crippen molar-refractivity contribution in [2.45, 2.75) is 45.0 Å². The number of fused-ring (bicyclic) bond motifs is 2. The molecule has 1 aliphatic heterocycles. The number of anilines is 2. The first-order valence-electron chi connectivity index (χ1n) is 18.0. The van der Waals surface area contributed by atoms with Gasteiger partial charge in [0, 0.05) is 48.5 Å². The zero-order valence-corrected chi connectivity index (χ0v) is 31.1. The first-order valence-corrected chi connectivity index (χ1v) is 18.0. The van der Waals surface area contributed by atoms with Gasteiger partial charge in [-0.15, -0.1) is 0 Å². The first-order chi connectivity index (χ1) is 26.8. The van der Waals surface area contributed by atoms with Crippen LogP contribution in [0.15, 0.2) is 61.2 Å². The van der Waals surface area contributed by atoms with Crippen LogP contribution in [0.25, 0.3) is 33.7 Å². The molecule has 1 aliphatic rings. The summed E-state index contributed by atoms with van der Waals surface area (Å²) in [5.74, 6) is 3.42. The molecule has 2 aromatic carbocycles. The number of ether oxygens (including phenoxy) is 4. The van der Waals surface area contributed by atoms with E-state index in [1.165, 1.54) is 0 Å². The van der Waals surface area contributed by atoms with Gasteiger partial charge in [-0.25, -0.2) is 19.9 Å². The summed E-state index contributed by atoms with van der Waals surface area (Å²) in [5, 5.41) is 34.7. The highest BCUT2D eigenvalue weighted by atomic mass is 16.5. The van der Waals surface area contributed by atoms with Crippen molar-refractivity contribution in [1.29, 1.82) is 0 Å². The monoisotopic (exact) mass is 752 g/mol. The zero-order valence-electron chi connectivity index (χ0n) is 31.1. The van der Waals surface area contributed by atoms with Crippen molar-refractivity contribution in [2.24, 2.45) is 5.92 Å². The standard InChI is InChI=1S/C39H44N8O8/c1-52-31-15-26-28(17-33(31)54-3)46(21-41-26)35-10-8-23(19-48)37(43-35)40-13-6-5-7-30(50)25-12-14-45(39(25)51)38-24(20-49)9-11-36(44-38)47-22-42-27-16-32(53-2)34(55-4)18-29(27)47/h8-11,15-18,21-22,25,30,48-50H,5-7,12-14,19-20H2,1-4H3,(H,40,43). The Morgan fingerprint density at radius 3 is 1.87 bits per heavy atom. The number of aromatic nitrogens is 6. The molecule has 5 heterocycles. The van der Waals surface area contributed by atoms with Crippen molar-refractivity contribution in [3.05, 3.63) is 72.3 Å². The Balaban J connectivity index is 0.984. The summed E-state index contributed by atoms with van der Waals surface area (Å²) in [4.78, 5) is 33.9. The maximum absolute atomic E-state index is 13.7. The van der Waals surface area contributed by atoms with E-state index in [0.717, 1.165) is 11.0 Å². The maximum atomic E-state index is 13.7. The van der Waals surface area contributed by atoms with Crippen molar-refractivity contribution >= 4 is 39.6 Å². The van der Waals surface area contributed by atoms with E-state index in [0.29, 0.717) is 107 Å². The number of aliphatic hydroxyl groups is 3. The number of amides is 1. The number of hydrogen-bond acceptors (Lipinski definition) is 13. The Morgan fingerprint density at radius 2 is 1.31 bits per heavy atom. The lowest BCUT2D eigenvalue weighted by molar-refractivity contribution is -0.123. The van der Waals surface area contributed by atoms with Crippen LogP contribution in [0, 0.1) is 5.92 Å². The van der Waals surface area contributed by atoms with Crippen molar-refractivity contribution < 1.29 is 39.1 Å². The molecular weight excluding hydrogens is 708 g/mol. The largest absolute Gasteiger partial charge is 0.493 e. The van der Waals surface area contributed by atoms with Gasteiger partial charge in [0.05, 0.1) is 75.7 Å². The fourth-order valence-electron chi connectivity index (χ4n) is 7.04. The number of nitrogens with zero attached hydrogens (tertiary/aromatic N) is 7. The van der Waals surface area contributed by atoms with Gasteiger partial charge in [0.1, 0.15) is 35.9 Å². The topological polar surface area (TPSA) is 191 Å². The highest BCUT2D eigenvalue weighted by Gasteiger charge is 2.38. The molecule has 1 fully saturated rings. The van der Waals surface area contributed by atoms with E-state index in [4.69, 9.17) is 28.9 Å². The minimum Gasteiger partial charge on any atom is -0.493 e. The molecule has 0 aliphatic carbocycles. The molecule has 0 bridgehead atoms. The highest BCUT2D eigenvalue weighted by molar-refractivity contribution is 5.97. The molecule has 4 aromatic heterocycles. The summed E-state index contributed by atoms with van der Waals surface area (Å²) >= 11 is 0. The summed E-state index contributed by atoms with van der Waals surface area (Å²) in [6, 6.07) is 14.4. The second-order valence-electron chi connectivity index (χ2n) is 13.1. The number of carbonyl (C=O) groups excluding carboxylic acids is 1. The SMILES string of the molecule is COc1cc2ncn(-c3ccc(CO)c(NCCCCC(O)C4CCN(c5nc(-n6cnc7cc(OC)c(OC)cc76)ccc5CO)C4=O)n3)c2cc1OC. The number of aliphatic hydroxyl groups excluding tert-OH is 3. The molecular formula is C39H44N8O8. The fraction of sp³-hybridized carbons (Fsp3) is 0.359. The number of rotatable bonds is 16. The van der Waals surface area contributed by atoms with Gasteiger partial charge < -0.3 is 39.6 Å². The molecule has 2 unspecified atom stereocenters. The Kier molecular flexibility index (Phi) is 11.0. The van der Waals surface area contributed by atoms with Gasteiger partial charge in [-0.05, 0) is 49.9 Å². The van der Waals surface area contributed by atoms with Crippen LogP contribution in [0.4, 0.5) is 11.6 Å². The summed E-state index contributed by atoms with van der Waals surface area (Å²) in [7, 11) is 6.27. The molecule has 4 N–H and O–H groups in total. The predicted octanol–water partition coefficient (Wildman–Crippen LogP) is 4.17. The van der Waals surface area contributed by atoms with Crippen LogP contribution < -0.4 is 29.2 Å². The van der Waals surface area contributed by atoms with E-state index in [2.05, 4.69) is 15.3 Å². The average Bonchev–Trinajstić information content (AvgIpc) is 3.95. The second-order valence-corrected chi connectivity index (χ2v) is 13.1. The van der Waals surface area contributed by atoms with Crippen molar-refractivity contribution in [1.82, 2.24) is 29.1 Å². The number of imidazole rings is 2. The average molecular weight is 753 g/mol. The lowest BCUT2D eigenvalue weighted by Gasteiger charge is -2.21. The minimum absolute atomic E-state index is 0.192. The summed E-state index contributed by atoms with van der Waals surface area (Å²) < 4.78 is 25.4. The van der Waals surface area contributed by atoms with Crippen LogP contribution in [-0.4, -0.2) is 97.9 Å². The predicted molar refractivity (Wildman–Crippen MR) is 205 cm³/mol. The van der Waals surface area contributed by atoms with Crippen LogP contribution in [0.5, 0.6) is 23.0 Å². The molecule has 0 radical (unpaired) electrons. The van der Waals surface area contributed by atoms with Crippen molar-refractivity contribution in [3.8, 4) is 34.6 Å². The Labute approximate surface area is 316 Å². The van der Waals surface area contributed by atoms with E-state index in [1.54, 1.807) is 74.8 Å². The van der Waals surface area contributed by atoms with Gasteiger partial charge in [0.25, 0.3) is 0 Å². The van der Waals surface area contributed by atoms with Crippen LogP contribution in [-0.2, 0) is 18.0 Å². The number of unbranched alkanes of at least 4 members (excludes halogenated alkanes) is 1. The number of carbonyl (C=O) groups is 1. The smallest absolute Gasteiger partial charge is 0.233 e. The molecule has 16 heteroatoms. The van der Waals surface area contributed by atoms with Crippen LogP contribution >= 0.6 is 0 Å². The second kappa shape index (κ2) is 16.2. The van der Waals surface area contributed by atoms with Crippen LogP contribution in [0.1, 0.15) is 36.8 Å². The number of benzene rings is 2. The van der Waals surface area contributed by atoms with E-state index in [9.17, 15) is 20.1 Å². The summed E-state index contributed by atoms with van der Waals surface area (Å²) in [6.07, 6.45) is 4.68. The van der Waals surface area contributed by atoms with E-state index in [-0.39, 0.29) is 19.1 Å². The third-order valence-corrected chi connectivity index (χ3v) is 10.0. The highest BCUT2D eigenvalue weighted by Crippen LogP contribution is 2.35. The molecule has 1 amide bonds. The Bertz CT molecular complexity index is 2330. The van der Waals surface area contributed by atoms with Crippen molar-refractivity contribution in [3.63, 3.8) is 0 Å². The van der Waals surface area contributed by atoms with Crippen LogP contribution in [0.3, 0.4) is 0 Å². The molecule has 1 saturated heterocycles. The Hall–Kier alpha value is -5.97. The van der Waals surface area contributed by atoms with Crippen molar-refractivity contribution in [2.75, 3.05) is 51.7 Å². The van der Waals surface area contributed by atoms with Gasteiger partial charge in [-0.2, -0.15) is 0 Å². The van der Waals surface area contributed by atoms with Crippen LogP contribution in [0.2, 0.25) is 0 Å². The molecule has 0 spiro atoms.